The number of aromatic amines is 1. The van der Waals surface area contributed by atoms with Gasteiger partial charge in [0, 0.05) is 33.2 Å². The van der Waals surface area contributed by atoms with Crippen LogP contribution in [0.3, 0.4) is 0 Å². The van der Waals surface area contributed by atoms with Gasteiger partial charge in [-0.15, -0.1) is 0 Å². The number of carbonyl (C=O) groups excluding carboxylic acids is 2. The minimum absolute atomic E-state index is 0.121. The fourth-order valence-electron chi connectivity index (χ4n) is 3.29. The molecule has 0 atom stereocenters. The maximum absolute atomic E-state index is 12.8. The number of nitrogens with zero attached hydrogens (tertiary/aromatic N) is 5. The Bertz CT molecular complexity index is 1100. The fraction of sp³-hybridized carbons (Fsp3) is 0.632. The highest BCUT2D eigenvalue weighted by molar-refractivity contribution is 5.74. The Labute approximate surface area is 178 Å². The highest BCUT2D eigenvalue weighted by Gasteiger charge is 2.27. The number of carbonyl (C=O) groups is 2. The summed E-state index contributed by atoms with van der Waals surface area (Å²) in [4.78, 5) is 60.3. The minimum atomic E-state index is -0.668. The van der Waals surface area contributed by atoms with E-state index in [0.29, 0.717) is 32.1 Å². The predicted octanol–water partition coefficient (Wildman–Crippen LogP) is 0.0435. The molecule has 12 nitrogen and oxygen atoms in total. The molecule has 1 aliphatic heterocycles. The van der Waals surface area contributed by atoms with Crippen LogP contribution in [0.15, 0.2) is 9.59 Å². The number of imidazole rings is 1. The van der Waals surface area contributed by atoms with Crippen LogP contribution >= 0.6 is 0 Å². The van der Waals surface area contributed by atoms with Crippen LogP contribution in [0.4, 0.5) is 10.7 Å². The lowest BCUT2D eigenvalue weighted by Gasteiger charge is -2.35. The minimum Gasteiger partial charge on any atom is -0.465 e. The number of aromatic nitrogens is 4. The van der Waals surface area contributed by atoms with Gasteiger partial charge in [-0.3, -0.25) is 14.2 Å². The van der Waals surface area contributed by atoms with Gasteiger partial charge in [0.25, 0.3) is 5.56 Å². The zero-order valence-electron chi connectivity index (χ0n) is 18.4. The predicted molar refractivity (Wildman–Crippen MR) is 112 cm³/mol. The molecule has 2 aromatic heterocycles. The molecule has 1 amide bonds. The second kappa shape index (κ2) is 8.44. The number of H-pyrrole nitrogens is 1. The molecule has 1 N–H and O–H groups in total. The van der Waals surface area contributed by atoms with Crippen LogP contribution in [0, 0.1) is 0 Å². The van der Waals surface area contributed by atoms with E-state index in [1.807, 2.05) is 25.7 Å². The standard InChI is InChI=1S/C19H28N6O6/c1-6-30-12(26)11-25-15(27)13-14(22(5)17(25)28)21-16(20-13)23-7-9-24(10-8-23)18(29)31-19(2,3)4/h6-11H2,1-5H3,(H,20,21). The Morgan fingerprint density at radius 2 is 1.77 bits per heavy atom. The van der Waals surface area contributed by atoms with Crippen LogP contribution < -0.4 is 16.1 Å². The zero-order valence-corrected chi connectivity index (χ0v) is 18.4. The normalized spacial score (nSPS) is 14.7. The van der Waals surface area contributed by atoms with Crippen LogP contribution in [0.25, 0.3) is 11.2 Å². The molecule has 31 heavy (non-hydrogen) atoms. The molecule has 0 saturated carbocycles. The summed E-state index contributed by atoms with van der Waals surface area (Å²) >= 11 is 0. The van der Waals surface area contributed by atoms with Crippen molar-refractivity contribution < 1.29 is 19.1 Å². The number of rotatable bonds is 4. The molecular weight excluding hydrogens is 408 g/mol. The lowest BCUT2D eigenvalue weighted by Crippen LogP contribution is -2.50. The highest BCUT2D eigenvalue weighted by atomic mass is 16.6. The van der Waals surface area contributed by atoms with Crippen molar-refractivity contribution in [2.75, 3.05) is 37.7 Å². The molecule has 1 aliphatic rings. The van der Waals surface area contributed by atoms with Gasteiger partial charge >= 0.3 is 17.8 Å². The lowest BCUT2D eigenvalue weighted by atomic mass is 10.2. The summed E-state index contributed by atoms with van der Waals surface area (Å²) in [6.45, 7) is 8.57. The summed E-state index contributed by atoms with van der Waals surface area (Å²) < 4.78 is 12.3. The first kappa shape index (κ1) is 22.4. The van der Waals surface area contributed by atoms with Gasteiger partial charge in [-0.2, -0.15) is 4.98 Å². The van der Waals surface area contributed by atoms with Crippen molar-refractivity contribution in [1.29, 1.82) is 0 Å². The molecule has 170 valence electrons. The number of hydrogen-bond acceptors (Lipinski definition) is 8. The molecule has 12 heteroatoms. The van der Waals surface area contributed by atoms with E-state index in [0.717, 1.165) is 4.57 Å². The number of piperazine rings is 1. The third kappa shape index (κ3) is 4.72. The lowest BCUT2D eigenvalue weighted by molar-refractivity contribution is -0.143. The molecule has 1 saturated heterocycles. The number of esters is 1. The van der Waals surface area contributed by atoms with Gasteiger partial charge in [0.1, 0.15) is 12.1 Å². The van der Waals surface area contributed by atoms with Gasteiger partial charge < -0.3 is 24.3 Å². The number of fused-ring (bicyclic) bond motifs is 1. The SMILES string of the molecule is CCOC(=O)Cn1c(=O)c2[nH]c(N3CCN(C(=O)OC(C)(C)C)CC3)nc2n(C)c1=O. The molecule has 1 fully saturated rings. The number of amides is 1. The molecule has 0 unspecified atom stereocenters. The number of nitrogens with one attached hydrogen (secondary N) is 1. The molecular formula is C19H28N6O6. The number of hydrogen-bond donors (Lipinski definition) is 1. The average Bonchev–Trinajstić information content (AvgIpc) is 3.14. The van der Waals surface area contributed by atoms with Crippen molar-refractivity contribution in [2.24, 2.45) is 7.05 Å². The van der Waals surface area contributed by atoms with E-state index in [1.54, 1.807) is 11.8 Å². The Kier molecular flexibility index (Phi) is 6.09. The van der Waals surface area contributed by atoms with Crippen molar-refractivity contribution in [1.82, 2.24) is 24.0 Å². The maximum Gasteiger partial charge on any atom is 0.410 e. The van der Waals surface area contributed by atoms with Crippen LogP contribution in [0.2, 0.25) is 0 Å². The summed E-state index contributed by atoms with van der Waals surface area (Å²) in [5.41, 5.74) is -1.55. The maximum atomic E-state index is 12.8. The van der Waals surface area contributed by atoms with Gasteiger partial charge in [0.05, 0.1) is 6.61 Å². The molecule has 0 radical (unpaired) electrons. The summed E-state index contributed by atoms with van der Waals surface area (Å²) in [7, 11) is 1.48. The van der Waals surface area contributed by atoms with Crippen LogP contribution in [-0.4, -0.2) is 74.5 Å². The Morgan fingerprint density at radius 1 is 1.13 bits per heavy atom. The molecule has 3 rings (SSSR count). The molecule has 0 aromatic carbocycles. The van der Waals surface area contributed by atoms with Crippen LogP contribution in [-0.2, 0) is 27.9 Å². The van der Waals surface area contributed by atoms with Gasteiger partial charge in [0.15, 0.2) is 11.2 Å². The topological polar surface area (TPSA) is 132 Å². The highest BCUT2D eigenvalue weighted by Crippen LogP contribution is 2.17. The molecule has 0 bridgehead atoms. The van der Waals surface area contributed by atoms with Crippen LogP contribution in [0.5, 0.6) is 0 Å². The first-order chi connectivity index (χ1) is 14.5. The summed E-state index contributed by atoms with van der Waals surface area (Å²) in [5, 5.41) is 0. The van der Waals surface area contributed by atoms with E-state index in [-0.39, 0.29) is 23.9 Å². The number of anilines is 1. The molecule has 0 aliphatic carbocycles. The van der Waals surface area contributed by atoms with Crippen molar-refractivity contribution >= 4 is 29.2 Å². The van der Waals surface area contributed by atoms with Crippen molar-refractivity contribution in [3.8, 4) is 0 Å². The van der Waals surface area contributed by atoms with Gasteiger partial charge in [-0.1, -0.05) is 0 Å². The second-order valence-corrected chi connectivity index (χ2v) is 8.25. The Balaban J connectivity index is 1.82. The quantitative estimate of drug-likeness (QED) is 0.665. The fourth-order valence-corrected chi connectivity index (χ4v) is 3.29. The Morgan fingerprint density at radius 3 is 2.35 bits per heavy atom. The summed E-state index contributed by atoms with van der Waals surface area (Å²) in [6, 6.07) is 0. The Hall–Kier alpha value is -3.31. The van der Waals surface area contributed by atoms with E-state index >= 15 is 0 Å². The molecule has 3 heterocycles. The summed E-state index contributed by atoms with van der Waals surface area (Å²) in [5.74, 6) is -0.251. The van der Waals surface area contributed by atoms with Gasteiger partial charge in [-0.25, -0.2) is 14.2 Å². The van der Waals surface area contributed by atoms with E-state index in [4.69, 9.17) is 9.47 Å². The van der Waals surface area contributed by atoms with Gasteiger partial charge in [-0.05, 0) is 27.7 Å². The van der Waals surface area contributed by atoms with Crippen molar-refractivity contribution in [3.05, 3.63) is 20.8 Å². The largest absolute Gasteiger partial charge is 0.465 e. The smallest absolute Gasteiger partial charge is 0.410 e. The van der Waals surface area contributed by atoms with Crippen LogP contribution in [0.1, 0.15) is 27.7 Å². The van der Waals surface area contributed by atoms with Crippen molar-refractivity contribution in [2.45, 2.75) is 39.8 Å². The second-order valence-electron chi connectivity index (χ2n) is 8.25. The van der Waals surface area contributed by atoms with E-state index < -0.39 is 29.4 Å². The first-order valence-electron chi connectivity index (χ1n) is 10.1. The first-order valence-corrected chi connectivity index (χ1v) is 10.1. The number of aryl methyl sites for hydroxylation is 1. The summed E-state index contributed by atoms with van der Waals surface area (Å²) in [6.07, 6.45) is -0.374. The van der Waals surface area contributed by atoms with Gasteiger partial charge in [0.2, 0.25) is 5.95 Å². The average molecular weight is 436 g/mol. The third-order valence-electron chi connectivity index (χ3n) is 4.79. The number of ether oxygens (including phenoxy) is 2. The monoisotopic (exact) mass is 436 g/mol. The third-order valence-corrected chi connectivity index (χ3v) is 4.79. The van der Waals surface area contributed by atoms with E-state index in [9.17, 15) is 19.2 Å². The van der Waals surface area contributed by atoms with Crippen molar-refractivity contribution in [3.63, 3.8) is 0 Å². The molecule has 2 aromatic rings. The zero-order chi connectivity index (χ0) is 22.9. The molecule has 0 spiro atoms. The van der Waals surface area contributed by atoms with E-state index in [1.165, 1.54) is 11.6 Å². The van der Waals surface area contributed by atoms with E-state index in [2.05, 4.69) is 9.97 Å².